The highest BCUT2D eigenvalue weighted by Gasteiger charge is 2.17. The molecule has 3 aromatic heterocycles. The fourth-order valence-corrected chi connectivity index (χ4v) is 3.79. The van der Waals surface area contributed by atoms with Crippen LogP contribution in [0.5, 0.6) is 0 Å². The van der Waals surface area contributed by atoms with Gasteiger partial charge in [-0.25, -0.2) is 0 Å². The largest absolute Gasteiger partial charge is 0.309 e. The van der Waals surface area contributed by atoms with Crippen LogP contribution in [0.4, 0.5) is 5.82 Å². The van der Waals surface area contributed by atoms with E-state index in [-0.39, 0.29) is 12.5 Å². The molecule has 0 aliphatic heterocycles. The van der Waals surface area contributed by atoms with Crippen LogP contribution in [0.2, 0.25) is 0 Å². The number of pyridine rings is 1. The molecule has 5 rings (SSSR count). The summed E-state index contributed by atoms with van der Waals surface area (Å²) >= 11 is 0. The molecule has 0 unspecified atom stereocenters. The number of fused-ring (bicyclic) bond motifs is 2. The van der Waals surface area contributed by atoms with Gasteiger partial charge in [-0.2, -0.15) is 10.2 Å². The monoisotopic (exact) mass is 396 g/mol. The Morgan fingerprint density at radius 2 is 1.87 bits per heavy atom. The van der Waals surface area contributed by atoms with E-state index < -0.39 is 0 Å². The van der Waals surface area contributed by atoms with E-state index >= 15 is 0 Å². The molecule has 0 aliphatic rings. The molecule has 7 heteroatoms. The van der Waals surface area contributed by atoms with Gasteiger partial charge in [-0.05, 0) is 19.1 Å². The van der Waals surface area contributed by atoms with Crippen LogP contribution >= 0.6 is 0 Å². The number of rotatable bonds is 4. The third-order valence-corrected chi connectivity index (χ3v) is 5.11. The second kappa shape index (κ2) is 7.11. The lowest BCUT2D eigenvalue weighted by molar-refractivity contribution is -0.116. The number of nitrogens with zero attached hydrogens (tertiary/aromatic N) is 5. The molecule has 0 fully saturated rings. The predicted molar refractivity (Wildman–Crippen MR) is 117 cm³/mol. The van der Waals surface area contributed by atoms with Crippen LogP contribution in [-0.2, 0) is 18.4 Å². The molecule has 0 atom stereocenters. The van der Waals surface area contributed by atoms with Crippen LogP contribution in [-0.4, -0.2) is 30.5 Å². The summed E-state index contributed by atoms with van der Waals surface area (Å²) in [6.45, 7) is 1.99. The molecule has 1 N–H and O–H groups in total. The van der Waals surface area contributed by atoms with Crippen molar-refractivity contribution in [3.63, 3.8) is 0 Å². The summed E-state index contributed by atoms with van der Waals surface area (Å²) in [4.78, 5) is 17.3. The van der Waals surface area contributed by atoms with Gasteiger partial charge in [0.2, 0.25) is 5.91 Å². The standard InChI is InChI=1S/C23H20N6O/c1-15-13-20(28(2)26-15)25-21(30)14-29-19-11-4-3-9-17(19)23(27-29)18-10-5-7-16-8-6-12-24-22(16)18/h3-13H,14H2,1-2H3,(H,25,30). The first kappa shape index (κ1) is 18.1. The molecule has 0 aliphatic carbocycles. The molecule has 1 amide bonds. The number of benzene rings is 2. The van der Waals surface area contributed by atoms with Crippen molar-refractivity contribution in [3.8, 4) is 11.3 Å². The smallest absolute Gasteiger partial charge is 0.247 e. The van der Waals surface area contributed by atoms with Gasteiger partial charge in [0.15, 0.2) is 0 Å². The van der Waals surface area contributed by atoms with Gasteiger partial charge in [0, 0.05) is 35.6 Å². The highest BCUT2D eigenvalue weighted by Crippen LogP contribution is 2.32. The van der Waals surface area contributed by atoms with Crippen molar-refractivity contribution in [2.24, 2.45) is 7.05 Å². The minimum absolute atomic E-state index is 0.100. The van der Waals surface area contributed by atoms with Gasteiger partial charge in [0.05, 0.1) is 16.7 Å². The fourth-order valence-electron chi connectivity index (χ4n) is 3.79. The second-order valence-corrected chi connectivity index (χ2v) is 7.25. The van der Waals surface area contributed by atoms with Gasteiger partial charge in [0.1, 0.15) is 18.1 Å². The highest BCUT2D eigenvalue weighted by molar-refractivity contribution is 6.02. The molecule has 5 aromatic rings. The van der Waals surface area contributed by atoms with E-state index in [1.165, 1.54) is 0 Å². The fraction of sp³-hybridized carbons (Fsp3) is 0.130. The van der Waals surface area contributed by atoms with Gasteiger partial charge in [-0.3, -0.25) is 19.1 Å². The van der Waals surface area contributed by atoms with Crippen molar-refractivity contribution in [2.45, 2.75) is 13.5 Å². The van der Waals surface area contributed by atoms with Crippen LogP contribution in [0.3, 0.4) is 0 Å². The van der Waals surface area contributed by atoms with E-state index in [0.29, 0.717) is 5.82 Å². The third kappa shape index (κ3) is 3.10. The topological polar surface area (TPSA) is 77.6 Å². The minimum Gasteiger partial charge on any atom is -0.309 e. The van der Waals surface area contributed by atoms with Crippen molar-refractivity contribution in [3.05, 3.63) is 72.6 Å². The molecular formula is C23H20N6O. The number of hydrogen-bond donors (Lipinski definition) is 1. The van der Waals surface area contributed by atoms with Gasteiger partial charge >= 0.3 is 0 Å². The molecule has 0 bridgehead atoms. The molecule has 3 heterocycles. The Bertz CT molecular complexity index is 1390. The maximum atomic E-state index is 12.7. The normalized spacial score (nSPS) is 11.3. The SMILES string of the molecule is Cc1cc(NC(=O)Cn2nc(-c3cccc4cccnc34)c3ccccc32)n(C)n1. The number of para-hydroxylation sites is 2. The number of carbonyl (C=O) groups excluding carboxylic acids is 1. The Hall–Kier alpha value is -4.00. The van der Waals surface area contributed by atoms with Crippen LogP contribution in [0, 0.1) is 6.92 Å². The number of nitrogens with one attached hydrogen (secondary N) is 1. The van der Waals surface area contributed by atoms with E-state index in [0.717, 1.165) is 38.8 Å². The summed E-state index contributed by atoms with van der Waals surface area (Å²) in [6.07, 6.45) is 1.79. The van der Waals surface area contributed by atoms with E-state index in [4.69, 9.17) is 5.10 Å². The van der Waals surface area contributed by atoms with Crippen LogP contribution in [0.25, 0.3) is 33.1 Å². The van der Waals surface area contributed by atoms with E-state index in [2.05, 4.69) is 15.4 Å². The van der Waals surface area contributed by atoms with Crippen molar-refractivity contribution < 1.29 is 4.79 Å². The third-order valence-electron chi connectivity index (χ3n) is 5.11. The summed E-state index contributed by atoms with van der Waals surface area (Å²) in [5, 5.41) is 14.0. The maximum Gasteiger partial charge on any atom is 0.247 e. The second-order valence-electron chi connectivity index (χ2n) is 7.25. The summed E-state index contributed by atoms with van der Waals surface area (Å²) in [5.74, 6) is 0.501. The first-order valence-corrected chi connectivity index (χ1v) is 9.70. The Morgan fingerprint density at radius 1 is 1.03 bits per heavy atom. The van der Waals surface area contributed by atoms with E-state index in [1.54, 1.807) is 22.6 Å². The highest BCUT2D eigenvalue weighted by atomic mass is 16.2. The molecular weight excluding hydrogens is 376 g/mol. The molecule has 7 nitrogen and oxygen atoms in total. The van der Waals surface area contributed by atoms with E-state index in [9.17, 15) is 4.79 Å². The number of hydrogen-bond acceptors (Lipinski definition) is 4. The first-order valence-electron chi connectivity index (χ1n) is 9.70. The summed E-state index contributed by atoms with van der Waals surface area (Å²) in [7, 11) is 1.80. The van der Waals surface area contributed by atoms with Crippen LogP contribution in [0.1, 0.15) is 5.69 Å². The summed E-state index contributed by atoms with van der Waals surface area (Å²) in [5.41, 5.74) is 4.41. The van der Waals surface area contributed by atoms with E-state index in [1.807, 2.05) is 67.6 Å². The lowest BCUT2D eigenvalue weighted by atomic mass is 10.0. The maximum absolute atomic E-state index is 12.7. The average molecular weight is 396 g/mol. The molecule has 30 heavy (non-hydrogen) atoms. The van der Waals surface area contributed by atoms with Crippen molar-refractivity contribution in [1.82, 2.24) is 24.5 Å². The molecule has 148 valence electrons. The number of amides is 1. The Kier molecular flexibility index (Phi) is 4.28. The van der Waals surface area contributed by atoms with Crippen LogP contribution < -0.4 is 5.32 Å². The summed E-state index contributed by atoms with van der Waals surface area (Å²) in [6, 6.07) is 19.8. The molecule has 0 radical (unpaired) electrons. The zero-order valence-electron chi connectivity index (χ0n) is 16.7. The number of anilines is 1. The number of aromatic nitrogens is 5. The van der Waals surface area contributed by atoms with Crippen LogP contribution in [0.15, 0.2) is 66.9 Å². The average Bonchev–Trinajstić information content (AvgIpc) is 3.26. The molecule has 0 saturated heterocycles. The van der Waals surface area contributed by atoms with Gasteiger partial charge < -0.3 is 5.32 Å². The van der Waals surface area contributed by atoms with Gasteiger partial charge in [-0.15, -0.1) is 0 Å². The number of aryl methyl sites for hydroxylation is 2. The number of carbonyl (C=O) groups is 1. The minimum atomic E-state index is -0.158. The van der Waals surface area contributed by atoms with Crippen molar-refractivity contribution in [2.75, 3.05) is 5.32 Å². The lowest BCUT2D eigenvalue weighted by Gasteiger charge is -2.06. The Balaban J connectivity index is 1.56. The molecule has 0 saturated carbocycles. The molecule has 0 spiro atoms. The quantitative estimate of drug-likeness (QED) is 0.499. The van der Waals surface area contributed by atoms with Gasteiger partial charge in [-0.1, -0.05) is 42.5 Å². The van der Waals surface area contributed by atoms with Crippen molar-refractivity contribution in [1.29, 1.82) is 0 Å². The zero-order chi connectivity index (χ0) is 20.7. The zero-order valence-corrected chi connectivity index (χ0v) is 16.7. The molecule has 2 aromatic carbocycles. The Labute approximate surface area is 173 Å². The van der Waals surface area contributed by atoms with Gasteiger partial charge in [0.25, 0.3) is 0 Å². The Morgan fingerprint density at radius 3 is 2.70 bits per heavy atom. The predicted octanol–water partition coefficient (Wildman–Crippen LogP) is 3.93. The van der Waals surface area contributed by atoms with Crippen molar-refractivity contribution >= 4 is 33.5 Å². The lowest BCUT2D eigenvalue weighted by Crippen LogP contribution is -2.21. The first-order chi connectivity index (χ1) is 14.6. The summed E-state index contributed by atoms with van der Waals surface area (Å²) < 4.78 is 3.40.